The van der Waals surface area contributed by atoms with Gasteiger partial charge in [-0.2, -0.15) is 0 Å². The van der Waals surface area contributed by atoms with Crippen molar-refractivity contribution in [3.05, 3.63) is 48.5 Å². The second-order valence-electron chi connectivity index (χ2n) is 7.50. The number of nitrogens with zero attached hydrogens (tertiary/aromatic N) is 6. The number of aromatic nitrogens is 6. The Morgan fingerprint density at radius 3 is 2.03 bits per heavy atom. The van der Waals surface area contributed by atoms with Crippen LogP contribution in [0.3, 0.4) is 0 Å². The van der Waals surface area contributed by atoms with Crippen LogP contribution in [0.1, 0.15) is 39.5 Å². The summed E-state index contributed by atoms with van der Waals surface area (Å²) in [6.45, 7) is 5.78. The van der Waals surface area contributed by atoms with E-state index in [1.165, 1.54) is 0 Å². The summed E-state index contributed by atoms with van der Waals surface area (Å²) in [6.07, 6.45) is 4.09. The van der Waals surface area contributed by atoms with Crippen molar-refractivity contribution in [3.63, 3.8) is 0 Å². The topological polar surface area (TPSA) is 120 Å². The Hall–Kier alpha value is -3.82. The number of hydrogen-bond donors (Lipinski definition) is 2. The summed E-state index contributed by atoms with van der Waals surface area (Å²) in [5.41, 5.74) is 3.16. The van der Waals surface area contributed by atoms with E-state index in [1.54, 1.807) is 4.68 Å². The number of carbonyl (C=O) groups excluding carboxylic acids is 2. The van der Waals surface area contributed by atoms with Gasteiger partial charge in [0.15, 0.2) is 0 Å². The molecule has 0 unspecified atom stereocenters. The third kappa shape index (κ3) is 6.83. The fourth-order valence-electron chi connectivity index (χ4n) is 3.02. The Morgan fingerprint density at radius 2 is 1.39 bits per heavy atom. The molecule has 0 atom stereocenters. The minimum atomic E-state index is -0.273. The Morgan fingerprint density at radius 1 is 0.818 bits per heavy atom. The van der Waals surface area contributed by atoms with Gasteiger partial charge in [-0.05, 0) is 37.1 Å². The molecule has 0 aliphatic heterocycles. The maximum absolute atomic E-state index is 11.6. The van der Waals surface area contributed by atoms with Gasteiger partial charge >= 0.3 is 6.03 Å². The summed E-state index contributed by atoms with van der Waals surface area (Å²) in [7, 11) is 0. The molecule has 0 radical (unpaired) electrons. The van der Waals surface area contributed by atoms with Gasteiger partial charge in [0.25, 0.3) is 0 Å². The number of para-hydroxylation sites is 1. The van der Waals surface area contributed by atoms with Crippen molar-refractivity contribution >= 4 is 34.0 Å². The number of hydrogen-bond acceptors (Lipinski definition) is 6. The normalized spacial score (nSPS) is 10.6. The molecule has 33 heavy (non-hydrogen) atoms. The van der Waals surface area contributed by atoms with Gasteiger partial charge in [0.1, 0.15) is 23.1 Å². The highest BCUT2D eigenvalue weighted by Gasteiger charge is 2.08. The molecule has 2 aromatic carbocycles. The lowest BCUT2D eigenvalue weighted by Gasteiger charge is -2.04. The number of rotatable bonds is 8. The molecular weight excluding hydrogens is 420 g/mol. The molecule has 174 valence electrons. The number of benzene rings is 2. The third-order valence-corrected chi connectivity index (χ3v) is 4.84. The summed E-state index contributed by atoms with van der Waals surface area (Å²) in [4.78, 5) is 24.4. The van der Waals surface area contributed by atoms with Gasteiger partial charge in [-0.1, -0.05) is 61.0 Å². The van der Waals surface area contributed by atoms with E-state index >= 15 is 0 Å². The smallest absolute Gasteiger partial charge is 0.354 e. The van der Waals surface area contributed by atoms with Gasteiger partial charge in [-0.25, -0.2) is 9.48 Å². The fraction of sp³-hybridized carbons (Fsp3) is 0.391. The van der Waals surface area contributed by atoms with Crippen LogP contribution < -0.4 is 10.6 Å². The van der Waals surface area contributed by atoms with Crippen LogP contribution in [0.5, 0.6) is 0 Å². The van der Waals surface area contributed by atoms with E-state index in [9.17, 15) is 9.59 Å². The fourth-order valence-corrected chi connectivity index (χ4v) is 3.02. The second-order valence-corrected chi connectivity index (χ2v) is 7.50. The predicted octanol–water partition coefficient (Wildman–Crippen LogP) is 3.14. The maximum atomic E-state index is 11.6. The van der Waals surface area contributed by atoms with Crippen molar-refractivity contribution in [2.45, 2.75) is 46.1 Å². The summed E-state index contributed by atoms with van der Waals surface area (Å²) >= 11 is 0. The molecule has 2 aromatic heterocycles. The van der Waals surface area contributed by atoms with E-state index in [0.717, 1.165) is 59.1 Å². The van der Waals surface area contributed by atoms with Gasteiger partial charge in [-0.15, -0.1) is 15.3 Å². The molecule has 0 aliphatic carbocycles. The summed E-state index contributed by atoms with van der Waals surface area (Å²) < 4.78 is 1.62. The predicted molar refractivity (Wildman–Crippen MR) is 127 cm³/mol. The summed E-state index contributed by atoms with van der Waals surface area (Å²) in [5, 5.41) is 21.8. The zero-order valence-electron chi connectivity index (χ0n) is 19.1. The van der Waals surface area contributed by atoms with Crippen LogP contribution in [0.15, 0.2) is 48.5 Å². The maximum Gasteiger partial charge on any atom is 0.359 e. The van der Waals surface area contributed by atoms with E-state index in [2.05, 4.69) is 45.0 Å². The molecule has 0 spiro atoms. The number of amides is 2. The molecule has 0 fully saturated rings. The standard InChI is InChI=1S/C12H16N4O.C11H14N4O/c1-2-3-8-13-12(17)9-16-11-7-5-4-6-10(11)14-15-16;1-2-3-8-12-11(16)15-13-9-6-4-5-7-10(9)14-15/h4-7H,2-3,8-9H2,1H3,(H,13,17);4-7H,2-3,8H2,1H3,(H,12,16). The molecule has 0 bridgehead atoms. The van der Waals surface area contributed by atoms with Crippen LogP contribution in [-0.2, 0) is 11.3 Å². The van der Waals surface area contributed by atoms with Crippen LogP contribution in [-0.4, -0.2) is 55.0 Å². The van der Waals surface area contributed by atoms with Gasteiger partial charge in [-0.3, -0.25) is 4.79 Å². The lowest BCUT2D eigenvalue weighted by atomic mass is 10.3. The van der Waals surface area contributed by atoms with Crippen molar-refractivity contribution < 1.29 is 9.59 Å². The largest absolute Gasteiger partial charge is 0.359 e. The molecule has 10 heteroatoms. The first kappa shape index (κ1) is 23.8. The van der Waals surface area contributed by atoms with Gasteiger partial charge in [0, 0.05) is 13.1 Å². The van der Waals surface area contributed by atoms with E-state index in [0.29, 0.717) is 6.54 Å². The lowest BCUT2D eigenvalue weighted by molar-refractivity contribution is -0.121. The molecule has 2 amide bonds. The first-order valence-corrected chi connectivity index (χ1v) is 11.3. The van der Waals surface area contributed by atoms with Crippen molar-refractivity contribution in [2.75, 3.05) is 13.1 Å². The van der Waals surface area contributed by atoms with Crippen LogP contribution in [0.4, 0.5) is 4.79 Å². The van der Waals surface area contributed by atoms with Crippen molar-refractivity contribution in [1.29, 1.82) is 0 Å². The highest BCUT2D eigenvalue weighted by molar-refractivity contribution is 5.80. The summed E-state index contributed by atoms with van der Waals surface area (Å²) in [6, 6.07) is 14.7. The highest BCUT2D eigenvalue weighted by Crippen LogP contribution is 2.09. The first-order chi connectivity index (χ1) is 16.1. The zero-order valence-corrected chi connectivity index (χ0v) is 19.1. The minimum absolute atomic E-state index is 0.0193. The Bertz CT molecular complexity index is 1150. The van der Waals surface area contributed by atoms with Gasteiger partial charge < -0.3 is 10.6 Å². The van der Waals surface area contributed by atoms with Crippen molar-refractivity contribution in [2.24, 2.45) is 0 Å². The molecule has 0 saturated carbocycles. The molecule has 10 nitrogen and oxygen atoms in total. The quantitative estimate of drug-likeness (QED) is 0.398. The molecule has 4 rings (SSSR count). The number of unbranched alkanes of at least 4 members (excludes halogenated alkanes) is 2. The molecule has 2 N–H and O–H groups in total. The molecular formula is C23H30N8O2. The number of nitrogens with one attached hydrogen (secondary N) is 2. The molecule has 2 heterocycles. The molecule has 4 aromatic rings. The number of fused-ring (bicyclic) bond motifs is 2. The van der Waals surface area contributed by atoms with Crippen LogP contribution in [0.25, 0.3) is 22.1 Å². The zero-order chi connectivity index (χ0) is 23.5. The minimum Gasteiger partial charge on any atom is -0.354 e. The Kier molecular flexibility index (Phi) is 8.87. The van der Waals surface area contributed by atoms with Crippen LogP contribution in [0.2, 0.25) is 0 Å². The van der Waals surface area contributed by atoms with Crippen molar-refractivity contribution in [1.82, 2.24) is 40.6 Å². The van der Waals surface area contributed by atoms with E-state index in [1.807, 2.05) is 48.5 Å². The third-order valence-electron chi connectivity index (χ3n) is 4.84. The van der Waals surface area contributed by atoms with Crippen LogP contribution >= 0.6 is 0 Å². The lowest BCUT2D eigenvalue weighted by Crippen LogP contribution is -2.30. The van der Waals surface area contributed by atoms with Crippen LogP contribution in [0, 0.1) is 0 Å². The number of carbonyl (C=O) groups is 2. The monoisotopic (exact) mass is 450 g/mol. The van der Waals surface area contributed by atoms with Gasteiger partial charge in [0.05, 0.1) is 5.52 Å². The molecule has 0 aliphatic rings. The van der Waals surface area contributed by atoms with E-state index in [4.69, 9.17) is 0 Å². The first-order valence-electron chi connectivity index (χ1n) is 11.3. The molecule has 0 saturated heterocycles. The average molecular weight is 451 g/mol. The SMILES string of the molecule is CCCCNC(=O)Cn1nnc2ccccc21.CCCCNC(=O)n1nc2ccccc2n1. The van der Waals surface area contributed by atoms with E-state index < -0.39 is 0 Å². The van der Waals surface area contributed by atoms with E-state index in [-0.39, 0.29) is 18.5 Å². The Balaban J connectivity index is 0.000000186. The summed E-state index contributed by atoms with van der Waals surface area (Å²) in [5.74, 6) is -0.0193. The average Bonchev–Trinajstić information content (AvgIpc) is 3.44. The van der Waals surface area contributed by atoms with Crippen molar-refractivity contribution in [3.8, 4) is 0 Å². The highest BCUT2D eigenvalue weighted by atomic mass is 16.2. The second kappa shape index (κ2) is 12.3. The Labute approximate surface area is 192 Å². The van der Waals surface area contributed by atoms with Gasteiger partial charge in [0.2, 0.25) is 5.91 Å².